The van der Waals surface area contributed by atoms with Crippen molar-refractivity contribution in [1.82, 2.24) is 10.3 Å². The molecule has 0 saturated heterocycles. The number of para-hydroxylation sites is 1. The van der Waals surface area contributed by atoms with Crippen molar-refractivity contribution in [3.8, 4) is 0 Å². The second-order valence-electron chi connectivity index (χ2n) is 7.85. The highest BCUT2D eigenvalue weighted by Crippen LogP contribution is 2.23. The van der Waals surface area contributed by atoms with Crippen LogP contribution in [0.15, 0.2) is 66.9 Å². The van der Waals surface area contributed by atoms with E-state index in [4.69, 9.17) is 9.84 Å². The highest BCUT2D eigenvalue weighted by Gasteiger charge is 2.22. The van der Waals surface area contributed by atoms with Gasteiger partial charge in [0.1, 0.15) is 12.6 Å². The topological polar surface area (TPSA) is 101 Å². The Morgan fingerprint density at radius 1 is 0.943 bits per heavy atom. The van der Waals surface area contributed by atoms with Crippen LogP contribution in [0.2, 0.25) is 0 Å². The first kappa shape index (κ1) is 26.8. The van der Waals surface area contributed by atoms with Gasteiger partial charge in [0.15, 0.2) is 0 Å². The fraction of sp³-hybridized carbons (Fsp3) is 0.346. The molecule has 1 atom stereocenters. The number of unbranched alkanes of at least 4 members (excludes halogenated alkanes) is 2. The third-order valence-electron chi connectivity index (χ3n) is 5.19. The molecule has 3 rings (SSSR count). The van der Waals surface area contributed by atoms with E-state index in [9.17, 15) is 9.59 Å². The molecular formula is C26H31N3O4S2. The van der Waals surface area contributed by atoms with Gasteiger partial charge in [-0.3, -0.25) is 9.78 Å². The fourth-order valence-corrected chi connectivity index (χ4v) is 5.36. The molecule has 3 aromatic rings. The van der Waals surface area contributed by atoms with Gasteiger partial charge in [-0.05, 0) is 30.5 Å². The predicted octanol–water partition coefficient (Wildman–Crippen LogP) is 5.40. The van der Waals surface area contributed by atoms with Crippen LogP contribution in [0.3, 0.4) is 0 Å². The van der Waals surface area contributed by atoms with Gasteiger partial charge in [0.05, 0.1) is 17.8 Å². The van der Waals surface area contributed by atoms with E-state index in [0.29, 0.717) is 17.6 Å². The molecule has 0 spiro atoms. The summed E-state index contributed by atoms with van der Waals surface area (Å²) in [6, 6.07) is 18.1. The maximum absolute atomic E-state index is 13.2. The van der Waals surface area contributed by atoms with Crippen LogP contribution in [-0.4, -0.2) is 46.2 Å². The zero-order valence-electron chi connectivity index (χ0n) is 19.5. The fourth-order valence-electron chi connectivity index (χ4n) is 3.44. The number of pyridine rings is 1. The van der Waals surface area contributed by atoms with Gasteiger partial charge in [0, 0.05) is 23.1 Å². The number of carbonyl (C=O) groups is 2. The molecule has 9 heteroatoms. The van der Waals surface area contributed by atoms with Crippen LogP contribution >= 0.6 is 21.6 Å². The number of hydrogen-bond donors (Lipinski definition) is 3. The molecule has 0 bridgehead atoms. The molecule has 0 fully saturated rings. The van der Waals surface area contributed by atoms with Crippen LogP contribution in [0.4, 0.5) is 10.5 Å². The minimum absolute atomic E-state index is 0.136. The Morgan fingerprint density at radius 3 is 2.57 bits per heavy atom. The second kappa shape index (κ2) is 15.3. The molecule has 0 saturated carbocycles. The molecule has 1 heterocycles. The van der Waals surface area contributed by atoms with E-state index in [1.807, 2.05) is 54.6 Å². The van der Waals surface area contributed by atoms with Crippen molar-refractivity contribution in [2.45, 2.75) is 38.3 Å². The minimum atomic E-state index is -0.728. The van der Waals surface area contributed by atoms with E-state index in [1.54, 1.807) is 33.9 Å². The van der Waals surface area contributed by atoms with Crippen molar-refractivity contribution in [1.29, 1.82) is 0 Å². The van der Waals surface area contributed by atoms with E-state index in [1.165, 1.54) is 0 Å². The Kier molecular flexibility index (Phi) is 11.7. The van der Waals surface area contributed by atoms with E-state index in [-0.39, 0.29) is 19.1 Å². The van der Waals surface area contributed by atoms with Crippen molar-refractivity contribution in [3.63, 3.8) is 0 Å². The smallest absolute Gasteiger partial charge is 0.408 e. The van der Waals surface area contributed by atoms with Crippen molar-refractivity contribution in [2.75, 3.05) is 23.4 Å². The Labute approximate surface area is 213 Å². The number of aliphatic hydroxyl groups excluding tert-OH is 1. The number of nitrogens with one attached hydrogen (secondary N) is 2. The molecule has 0 radical (unpaired) electrons. The average Bonchev–Trinajstić information content (AvgIpc) is 2.89. The lowest BCUT2D eigenvalue weighted by atomic mass is 10.1. The molecule has 7 nitrogen and oxygen atoms in total. The number of fused-ring (bicyclic) bond motifs is 1. The first-order valence-corrected chi connectivity index (χ1v) is 14.1. The van der Waals surface area contributed by atoms with Gasteiger partial charge in [-0.2, -0.15) is 0 Å². The average molecular weight is 514 g/mol. The van der Waals surface area contributed by atoms with Gasteiger partial charge < -0.3 is 20.5 Å². The molecule has 2 amide bonds. The van der Waals surface area contributed by atoms with Crippen LogP contribution in [-0.2, 0) is 16.1 Å². The van der Waals surface area contributed by atoms with Gasteiger partial charge in [-0.1, -0.05) is 83.0 Å². The number of alkyl carbamates (subject to hydrolysis) is 1. The number of aromatic nitrogens is 1. The zero-order chi connectivity index (χ0) is 24.7. The number of nitrogens with zero attached hydrogens (tertiary/aromatic N) is 1. The molecule has 0 aliphatic carbocycles. The van der Waals surface area contributed by atoms with Gasteiger partial charge in [0.2, 0.25) is 5.91 Å². The van der Waals surface area contributed by atoms with E-state index < -0.39 is 12.1 Å². The van der Waals surface area contributed by atoms with E-state index >= 15 is 0 Å². The van der Waals surface area contributed by atoms with Crippen LogP contribution < -0.4 is 10.6 Å². The Morgan fingerprint density at radius 2 is 1.74 bits per heavy atom. The Hall–Kier alpha value is -2.75. The Bertz CT molecular complexity index is 1060. The number of anilines is 1. The molecule has 3 N–H and O–H groups in total. The van der Waals surface area contributed by atoms with Crippen LogP contribution in [0.5, 0.6) is 0 Å². The van der Waals surface area contributed by atoms with Gasteiger partial charge in [0.25, 0.3) is 0 Å². The molecule has 186 valence electrons. The van der Waals surface area contributed by atoms with Crippen LogP contribution in [0, 0.1) is 0 Å². The highest BCUT2D eigenvalue weighted by molar-refractivity contribution is 8.76. The van der Waals surface area contributed by atoms with E-state index in [0.717, 1.165) is 41.7 Å². The van der Waals surface area contributed by atoms with E-state index in [2.05, 4.69) is 15.6 Å². The normalized spacial score (nSPS) is 11.7. The lowest BCUT2D eigenvalue weighted by Gasteiger charge is -2.19. The van der Waals surface area contributed by atoms with Gasteiger partial charge >= 0.3 is 6.09 Å². The summed E-state index contributed by atoms with van der Waals surface area (Å²) in [5.41, 5.74) is 2.18. The monoisotopic (exact) mass is 513 g/mol. The molecule has 0 aliphatic heterocycles. The predicted molar refractivity (Wildman–Crippen MR) is 144 cm³/mol. The standard InChI is InChI=1S/C26H31N3O4S2/c30-16-18-35-34-17-6-2-5-13-23(29-26(32)33-19-20-9-3-1-4-10-20)25(31)28-22-14-7-11-21-12-8-15-27-24(21)22/h1,3-4,7-12,14-15,23,30H,2,5-6,13,16-19H2,(H,28,31)(H,29,32). The summed E-state index contributed by atoms with van der Waals surface area (Å²) in [6.07, 6.45) is 4.29. The third-order valence-corrected chi connectivity index (χ3v) is 7.66. The summed E-state index contributed by atoms with van der Waals surface area (Å²) in [6.45, 7) is 0.323. The molecular weight excluding hydrogens is 482 g/mol. The van der Waals surface area contributed by atoms with Crippen LogP contribution in [0.1, 0.15) is 31.2 Å². The van der Waals surface area contributed by atoms with Crippen molar-refractivity contribution in [2.24, 2.45) is 0 Å². The summed E-state index contributed by atoms with van der Waals surface area (Å²) in [7, 11) is 3.40. The molecule has 1 aromatic heterocycles. The number of rotatable bonds is 14. The lowest BCUT2D eigenvalue weighted by Crippen LogP contribution is -2.44. The third kappa shape index (κ3) is 9.43. The van der Waals surface area contributed by atoms with Crippen molar-refractivity contribution in [3.05, 3.63) is 72.4 Å². The number of aliphatic hydroxyl groups is 1. The molecule has 0 aliphatic rings. The quantitative estimate of drug-likeness (QED) is 0.196. The number of amides is 2. The largest absolute Gasteiger partial charge is 0.445 e. The summed E-state index contributed by atoms with van der Waals surface area (Å²) < 4.78 is 5.34. The zero-order valence-corrected chi connectivity index (χ0v) is 21.2. The SMILES string of the molecule is O=C(NC(CCCCCSSCCO)C(=O)Nc1cccc2cccnc12)OCc1ccccc1. The maximum atomic E-state index is 13.2. The lowest BCUT2D eigenvalue weighted by molar-refractivity contribution is -0.118. The number of carbonyl (C=O) groups excluding carboxylic acids is 2. The number of benzene rings is 2. The summed E-state index contributed by atoms with van der Waals surface area (Å²) in [5, 5.41) is 15.4. The van der Waals surface area contributed by atoms with Gasteiger partial charge in [-0.15, -0.1) is 0 Å². The molecule has 1 unspecified atom stereocenters. The number of ether oxygens (including phenoxy) is 1. The van der Waals surface area contributed by atoms with Crippen LogP contribution in [0.25, 0.3) is 10.9 Å². The highest BCUT2D eigenvalue weighted by atomic mass is 33.1. The Balaban J connectivity index is 1.57. The first-order valence-electron chi connectivity index (χ1n) is 11.6. The van der Waals surface area contributed by atoms with Crippen molar-refractivity contribution >= 4 is 50.2 Å². The summed E-state index contributed by atoms with van der Waals surface area (Å²) in [4.78, 5) is 30.0. The minimum Gasteiger partial charge on any atom is -0.445 e. The number of hydrogen-bond acceptors (Lipinski definition) is 7. The second-order valence-corrected chi connectivity index (χ2v) is 10.5. The first-order chi connectivity index (χ1) is 17.2. The van der Waals surface area contributed by atoms with Crippen molar-refractivity contribution < 1.29 is 19.4 Å². The maximum Gasteiger partial charge on any atom is 0.408 e. The summed E-state index contributed by atoms with van der Waals surface area (Å²) in [5.74, 6) is 1.41. The summed E-state index contributed by atoms with van der Waals surface area (Å²) >= 11 is 0. The molecule has 35 heavy (non-hydrogen) atoms. The van der Waals surface area contributed by atoms with Gasteiger partial charge in [-0.25, -0.2) is 4.79 Å². The molecule has 2 aromatic carbocycles.